The number of piperidine rings is 2. The normalized spacial score (nSPS) is 25.3. The number of nitrogens with zero attached hydrogens (tertiary/aromatic N) is 5. The van der Waals surface area contributed by atoms with E-state index in [-0.39, 0.29) is 63.8 Å². The Labute approximate surface area is 277 Å². The van der Waals surface area contributed by atoms with Gasteiger partial charge in [-0.2, -0.15) is 23.1 Å². The summed E-state index contributed by atoms with van der Waals surface area (Å²) < 4.78 is 80.5. The van der Waals surface area contributed by atoms with Gasteiger partial charge in [-0.3, -0.25) is 14.3 Å². The molecule has 2 aromatic carbocycles. The summed E-state index contributed by atoms with van der Waals surface area (Å²) in [5, 5.41) is 13.9. The number of phenols is 1. The minimum atomic E-state index is -5.08. The van der Waals surface area contributed by atoms with Crippen molar-refractivity contribution in [3.63, 3.8) is 0 Å². The van der Waals surface area contributed by atoms with E-state index in [4.69, 9.17) is 11.2 Å². The summed E-state index contributed by atoms with van der Waals surface area (Å²) >= 11 is 0. The molecule has 5 aliphatic rings. The minimum Gasteiger partial charge on any atom is -0.508 e. The lowest BCUT2D eigenvalue weighted by Gasteiger charge is -2.46. The topological polar surface area (TPSA) is 95.8 Å². The maximum Gasteiger partial charge on any atom is 0.431 e. The average molecular weight is 681 g/mol. The van der Waals surface area contributed by atoms with E-state index in [0.717, 1.165) is 50.4 Å². The van der Waals surface area contributed by atoms with Crippen LogP contribution in [0.1, 0.15) is 49.8 Å². The van der Waals surface area contributed by atoms with Crippen LogP contribution in [0.2, 0.25) is 0 Å². The lowest BCUT2D eigenvalue weighted by molar-refractivity contribution is -0.142. The van der Waals surface area contributed by atoms with Gasteiger partial charge in [0.05, 0.1) is 22.2 Å². The average Bonchev–Trinajstić information content (AvgIpc) is 3.66. The molecular weight excluding hydrogens is 647 g/mol. The molecule has 49 heavy (non-hydrogen) atoms. The van der Waals surface area contributed by atoms with Crippen molar-refractivity contribution in [2.45, 2.75) is 68.4 Å². The number of alkyl halides is 4. The molecule has 256 valence electrons. The minimum absolute atomic E-state index is 0.0830. The van der Waals surface area contributed by atoms with E-state index in [1.807, 2.05) is 4.90 Å². The second-order valence-electron chi connectivity index (χ2n) is 13.5. The molecule has 7 heterocycles. The van der Waals surface area contributed by atoms with Crippen molar-refractivity contribution in [1.82, 2.24) is 24.8 Å². The number of piperazine rings is 1. The largest absolute Gasteiger partial charge is 0.508 e. The molecule has 2 aromatic heterocycles. The maximum absolute atomic E-state index is 15.0. The molecule has 2 N–H and O–H groups in total. The zero-order chi connectivity index (χ0) is 34.2. The van der Waals surface area contributed by atoms with Gasteiger partial charge in [-0.1, -0.05) is 12.0 Å². The predicted molar refractivity (Wildman–Crippen MR) is 173 cm³/mol. The third kappa shape index (κ3) is 5.08. The van der Waals surface area contributed by atoms with E-state index in [1.165, 1.54) is 12.1 Å². The van der Waals surface area contributed by atoms with Crippen LogP contribution in [0.25, 0.3) is 27.4 Å². The van der Waals surface area contributed by atoms with Crippen LogP contribution in [0.15, 0.2) is 35.1 Å². The molecule has 0 radical (unpaired) electrons. The first-order valence-corrected chi connectivity index (χ1v) is 16.4. The smallest absolute Gasteiger partial charge is 0.431 e. The Hall–Kier alpha value is -4.48. The van der Waals surface area contributed by atoms with Crippen LogP contribution in [-0.2, 0) is 6.18 Å². The summed E-state index contributed by atoms with van der Waals surface area (Å²) in [5.74, 6) is 1.01. The van der Waals surface area contributed by atoms with Crippen molar-refractivity contribution in [3.8, 4) is 29.8 Å². The van der Waals surface area contributed by atoms with Gasteiger partial charge in [0.25, 0.3) is 5.56 Å². The summed E-state index contributed by atoms with van der Waals surface area (Å²) in [6.45, 7) is 1.43. The van der Waals surface area contributed by atoms with E-state index in [9.17, 15) is 18.7 Å². The van der Waals surface area contributed by atoms with Crippen molar-refractivity contribution in [2.24, 2.45) is 0 Å². The summed E-state index contributed by atoms with van der Waals surface area (Å²) in [6.07, 6.45) is 5.24. The number of hydrogen-bond acceptors (Lipinski definition) is 8. The molecule has 0 aliphatic carbocycles. The fraction of sp³-hybridized carbons (Fsp3) is 0.457. The number of aromatic hydroxyl groups is 1. The highest BCUT2D eigenvalue weighted by atomic mass is 19.4. The Kier molecular flexibility index (Phi) is 7.49. The molecular formula is C35H33F5N6O3. The second kappa shape index (κ2) is 11.6. The summed E-state index contributed by atoms with van der Waals surface area (Å²) in [5.41, 5.74) is -4.12. The molecule has 9 nitrogen and oxygen atoms in total. The van der Waals surface area contributed by atoms with Gasteiger partial charge >= 0.3 is 12.2 Å². The number of benzene rings is 2. The van der Waals surface area contributed by atoms with Gasteiger partial charge in [-0.05, 0) is 68.7 Å². The summed E-state index contributed by atoms with van der Waals surface area (Å²) in [7, 11) is 0. The Balaban J connectivity index is 1.36. The van der Waals surface area contributed by atoms with Gasteiger partial charge in [0.1, 0.15) is 41.9 Å². The molecule has 0 spiro atoms. The number of ether oxygens (including phenoxy) is 1. The highest BCUT2D eigenvalue weighted by Crippen LogP contribution is 2.44. The Morgan fingerprint density at radius 3 is 2.67 bits per heavy atom. The molecule has 5 fully saturated rings. The Morgan fingerprint density at radius 2 is 1.98 bits per heavy atom. The molecule has 5 aliphatic heterocycles. The number of nitrogens with one attached hydrogen (secondary N) is 1. The van der Waals surface area contributed by atoms with Crippen LogP contribution in [0.5, 0.6) is 11.8 Å². The zero-order valence-electron chi connectivity index (χ0n) is 26.4. The molecule has 9 rings (SSSR count). The summed E-state index contributed by atoms with van der Waals surface area (Å²) in [4.78, 5) is 27.6. The van der Waals surface area contributed by atoms with E-state index in [1.54, 1.807) is 0 Å². The number of halogens is 5. The fourth-order valence-corrected chi connectivity index (χ4v) is 8.55. The number of phenolic OH excluding ortho intramolecular Hbond substituents is 1. The van der Waals surface area contributed by atoms with Crippen LogP contribution in [0.3, 0.4) is 0 Å². The van der Waals surface area contributed by atoms with Crippen molar-refractivity contribution in [1.29, 1.82) is 0 Å². The number of pyridine rings is 1. The first-order valence-electron chi connectivity index (χ1n) is 16.4. The molecule has 4 atom stereocenters. The standard InChI is InChI=1S/C35H33F5N6O3/c1-2-24-26(37)7-4-19-12-23(47)13-27(29(19)24)46-28(35(38,39)40)14-25-30(32(46)48)42-33(43-31(25)44-17-20-5-6-22(44)16-41-20)49-18-34-9-3-11-45(34)21(15-36)8-10-34/h1,4,7,12-14,20-22,41,47H,3,5-6,8-11,15-18H2/t20?,21-,22?,34-/m1/s1. The first-order chi connectivity index (χ1) is 23.5. The van der Waals surface area contributed by atoms with Gasteiger partial charge in [-0.25, -0.2) is 8.78 Å². The molecule has 0 amide bonds. The predicted octanol–water partition coefficient (Wildman–Crippen LogP) is 5.06. The van der Waals surface area contributed by atoms with Gasteiger partial charge in [0.15, 0.2) is 0 Å². The highest BCUT2D eigenvalue weighted by molar-refractivity contribution is 5.97. The van der Waals surface area contributed by atoms with Crippen molar-refractivity contribution in [3.05, 3.63) is 57.8 Å². The SMILES string of the molecule is C#Cc1c(F)ccc2cc(O)cc(-n3c(C(F)(F)F)cc4c(N5CC6CCC5CN6)nc(OC[C@]56CCCN5[C@@H](CF)CC6)nc4c3=O)c12. The van der Waals surface area contributed by atoms with Gasteiger partial charge in [-0.15, -0.1) is 6.42 Å². The highest BCUT2D eigenvalue weighted by Gasteiger charge is 2.50. The number of anilines is 1. The Morgan fingerprint density at radius 1 is 1.14 bits per heavy atom. The van der Waals surface area contributed by atoms with Gasteiger partial charge in [0.2, 0.25) is 0 Å². The molecule has 2 bridgehead atoms. The molecule has 14 heteroatoms. The van der Waals surface area contributed by atoms with Gasteiger partial charge in [0, 0.05) is 42.7 Å². The lowest BCUT2D eigenvalue weighted by Crippen LogP contribution is -2.61. The number of terminal acetylenes is 1. The maximum atomic E-state index is 15.0. The Bertz CT molecular complexity index is 2090. The van der Waals surface area contributed by atoms with Crippen LogP contribution in [0, 0.1) is 18.2 Å². The monoisotopic (exact) mass is 680 g/mol. The van der Waals surface area contributed by atoms with E-state index < -0.39 is 46.9 Å². The summed E-state index contributed by atoms with van der Waals surface area (Å²) in [6, 6.07) is 4.93. The van der Waals surface area contributed by atoms with Crippen LogP contribution in [0.4, 0.5) is 27.8 Å². The van der Waals surface area contributed by atoms with Gasteiger partial charge < -0.3 is 20.1 Å². The molecule has 4 aromatic rings. The van der Waals surface area contributed by atoms with Crippen molar-refractivity contribution in [2.75, 3.05) is 37.8 Å². The fourth-order valence-electron chi connectivity index (χ4n) is 8.55. The van der Waals surface area contributed by atoms with E-state index >= 15 is 13.2 Å². The zero-order valence-corrected chi connectivity index (χ0v) is 26.4. The van der Waals surface area contributed by atoms with E-state index in [2.05, 4.69) is 26.1 Å². The quantitative estimate of drug-likeness (QED) is 0.216. The van der Waals surface area contributed by atoms with Crippen molar-refractivity contribution < 1.29 is 31.8 Å². The van der Waals surface area contributed by atoms with Crippen LogP contribution in [-0.4, -0.2) is 81.1 Å². The first kappa shape index (κ1) is 31.8. The number of aromatic nitrogens is 3. The van der Waals surface area contributed by atoms with Crippen LogP contribution >= 0.6 is 0 Å². The second-order valence-corrected chi connectivity index (χ2v) is 13.5. The third-order valence-corrected chi connectivity index (χ3v) is 10.8. The number of fused-ring (bicyclic) bond motifs is 6. The lowest BCUT2D eigenvalue weighted by atomic mass is 9.93. The number of rotatable bonds is 6. The molecule has 2 unspecified atom stereocenters. The molecule has 0 saturated carbocycles. The van der Waals surface area contributed by atoms with Crippen molar-refractivity contribution >= 4 is 27.5 Å². The third-order valence-electron chi connectivity index (χ3n) is 10.8. The van der Waals surface area contributed by atoms with Crippen LogP contribution < -0.4 is 20.5 Å². The number of hydrogen-bond donors (Lipinski definition) is 2. The molecule has 5 saturated heterocycles. The van der Waals surface area contributed by atoms with E-state index in [0.29, 0.717) is 30.5 Å².